The van der Waals surface area contributed by atoms with E-state index in [1.165, 1.54) is 0 Å². The molecule has 0 spiro atoms. The predicted molar refractivity (Wildman–Crippen MR) is 124 cm³/mol. The summed E-state index contributed by atoms with van der Waals surface area (Å²) in [6.45, 7) is 6.11. The first kappa shape index (κ1) is 21.9. The van der Waals surface area contributed by atoms with Crippen molar-refractivity contribution in [3.8, 4) is 5.75 Å². The fraction of sp³-hybridized carbons (Fsp3) is 0.409. The third kappa shape index (κ3) is 6.09. The van der Waals surface area contributed by atoms with Gasteiger partial charge in [0.1, 0.15) is 5.75 Å². The minimum absolute atomic E-state index is 0.273. The fourth-order valence-electron chi connectivity index (χ4n) is 3.41. The highest BCUT2D eigenvalue weighted by molar-refractivity contribution is 7.98. The Morgan fingerprint density at radius 1 is 1.19 bits per heavy atom. The molecule has 9 heteroatoms. The van der Waals surface area contributed by atoms with Crippen LogP contribution in [0.15, 0.2) is 47.2 Å². The number of ether oxygens (including phenoxy) is 1. The number of carbonyl (C=O) groups is 1. The first-order valence-electron chi connectivity index (χ1n) is 10.4. The number of piperazine rings is 1. The zero-order valence-corrected chi connectivity index (χ0v) is 19.5. The van der Waals surface area contributed by atoms with E-state index in [0.717, 1.165) is 53.2 Å². The Kier molecular flexibility index (Phi) is 7.26. The summed E-state index contributed by atoms with van der Waals surface area (Å²) in [4.78, 5) is 25.5. The number of rotatable bonds is 7. The van der Waals surface area contributed by atoms with Gasteiger partial charge in [0, 0.05) is 69.7 Å². The van der Waals surface area contributed by atoms with Crippen LogP contribution in [0.2, 0.25) is 0 Å². The average molecular weight is 458 g/mol. The average Bonchev–Trinajstić information content (AvgIpc) is 3.39. The third-order valence-electron chi connectivity index (χ3n) is 5.25. The Morgan fingerprint density at radius 2 is 1.97 bits per heavy atom. The van der Waals surface area contributed by atoms with Crippen LogP contribution in [0.5, 0.6) is 5.75 Å². The van der Waals surface area contributed by atoms with E-state index in [1.54, 1.807) is 34.2 Å². The number of benzene rings is 1. The van der Waals surface area contributed by atoms with Gasteiger partial charge in [-0.2, -0.15) is 0 Å². The van der Waals surface area contributed by atoms with Crippen molar-refractivity contribution in [2.45, 2.75) is 24.3 Å². The largest absolute Gasteiger partial charge is 0.415 e. The van der Waals surface area contributed by atoms with Gasteiger partial charge in [0.2, 0.25) is 0 Å². The Bertz CT molecular complexity index is 994. The quantitative estimate of drug-likeness (QED) is 0.503. The van der Waals surface area contributed by atoms with E-state index in [2.05, 4.69) is 20.2 Å². The number of hydrogen-bond donors (Lipinski definition) is 0. The summed E-state index contributed by atoms with van der Waals surface area (Å²) in [5.41, 5.74) is 2.32. The summed E-state index contributed by atoms with van der Waals surface area (Å²) in [6, 6.07) is 7.71. The van der Waals surface area contributed by atoms with Crippen LogP contribution in [-0.4, -0.2) is 63.2 Å². The second kappa shape index (κ2) is 10.3. The molecule has 1 aromatic carbocycles. The maximum absolute atomic E-state index is 12.5. The standard InChI is InChI=1S/C22H27N5O2S2/c1-17-24-19(16-30-17)7-9-26-11-13-27(14-12-26)22(28)29-20-5-3-18(4-6-20)15-31-21-23-8-10-25(21)2/h3-6,8,10,16H,7,9,11-15H2,1-2H3. The molecule has 3 aromatic rings. The molecule has 4 rings (SSSR count). The van der Waals surface area contributed by atoms with Gasteiger partial charge in [-0.3, -0.25) is 4.90 Å². The molecule has 2 aromatic heterocycles. The van der Waals surface area contributed by atoms with Crippen LogP contribution in [0, 0.1) is 6.92 Å². The number of carbonyl (C=O) groups excluding carboxylic acids is 1. The Balaban J connectivity index is 1.19. The molecule has 3 heterocycles. The molecule has 1 aliphatic rings. The smallest absolute Gasteiger partial charge is 0.410 e. The molecule has 0 radical (unpaired) electrons. The highest BCUT2D eigenvalue weighted by Crippen LogP contribution is 2.22. The van der Waals surface area contributed by atoms with Crippen LogP contribution in [0.4, 0.5) is 4.79 Å². The molecule has 7 nitrogen and oxygen atoms in total. The molecule has 1 aliphatic heterocycles. The van der Waals surface area contributed by atoms with Gasteiger partial charge in [-0.15, -0.1) is 11.3 Å². The minimum atomic E-state index is -0.273. The lowest BCUT2D eigenvalue weighted by atomic mass is 10.2. The molecule has 1 saturated heterocycles. The summed E-state index contributed by atoms with van der Waals surface area (Å²) >= 11 is 3.38. The molecule has 0 N–H and O–H groups in total. The summed E-state index contributed by atoms with van der Waals surface area (Å²) < 4.78 is 7.58. The summed E-state index contributed by atoms with van der Waals surface area (Å²) in [6.07, 6.45) is 4.42. The lowest BCUT2D eigenvalue weighted by Crippen LogP contribution is -2.49. The predicted octanol–water partition coefficient (Wildman–Crippen LogP) is 3.84. The highest BCUT2D eigenvalue weighted by atomic mass is 32.2. The first-order valence-corrected chi connectivity index (χ1v) is 12.2. The van der Waals surface area contributed by atoms with Gasteiger partial charge in [0.25, 0.3) is 0 Å². The SMILES string of the molecule is Cc1nc(CCN2CCN(C(=O)Oc3ccc(CSc4nccn4C)cc3)CC2)cs1. The number of amides is 1. The van der Waals surface area contributed by atoms with Gasteiger partial charge in [0.05, 0.1) is 10.7 Å². The summed E-state index contributed by atoms with van der Waals surface area (Å²) in [7, 11) is 1.99. The molecule has 0 atom stereocenters. The molecule has 0 unspecified atom stereocenters. The molecule has 0 saturated carbocycles. The number of aromatic nitrogens is 3. The molecular weight excluding hydrogens is 430 g/mol. The number of thioether (sulfide) groups is 1. The Labute approximate surface area is 191 Å². The normalized spacial score (nSPS) is 14.7. The molecule has 1 amide bonds. The molecule has 164 valence electrons. The fourth-order valence-corrected chi connectivity index (χ4v) is 4.94. The third-order valence-corrected chi connectivity index (χ3v) is 7.21. The van der Waals surface area contributed by atoms with E-state index in [-0.39, 0.29) is 6.09 Å². The number of aryl methyl sites for hydroxylation is 2. The van der Waals surface area contributed by atoms with E-state index in [0.29, 0.717) is 18.8 Å². The van der Waals surface area contributed by atoms with Crippen LogP contribution >= 0.6 is 23.1 Å². The van der Waals surface area contributed by atoms with Crippen LogP contribution in [0.3, 0.4) is 0 Å². The van der Waals surface area contributed by atoms with E-state index < -0.39 is 0 Å². The van der Waals surface area contributed by atoms with Crippen molar-refractivity contribution in [2.75, 3.05) is 32.7 Å². The van der Waals surface area contributed by atoms with Gasteiger partial charge < -0.3 is 14.2 Å². The number of hydrogen-bond acceptors (Lipinski definition) is 7. The Morgan fingerprint density at radius 3 is 2.61 bits per heavy atom. The number of nitrogens with zero attached hydrogens (tertiary/aromatic N) is 5. The van der Waals surface area contributed by atoms with E-state index in [4.69, 9.17) is 4.74 Å². The Hall–Kier alpha value is -2.36. The lowest BCUT2D eigenvalue weighted by Gasteiger charge is -2.33. The van der Waals surface area contributed by atoms with Crippen LogP contribution in [0.25, 0.3) is 0 Å². The highest BCUT2D eigenvalue weighted by Gasteiger charge is 2.22. The van der Waals surface area contributed by atoms with Gasteiger partial charge in [-0.25, -0.2) is 14.8 Å². The molecule has 0 bridgehead atoms. The van der Waals surface area contributed by atoms with Crippen molar-refractivity contribution >= 4 is 29.2 Å². The van der Waals surface area contributed by atoms with Gasteiger partial charge in [-0.05, 0) is 24.6 Å². The van der Waals surface area contributed by atoms with E-state index >= 15 is 0 Å². The van der Waals surface area contributed by atoms with Crippen molar-refractivity contribution < 1.29 is 9.53 Å². The number of thiazole rings is 1. The summed E-state index contributed by atoms with van der Waals surface area (Å²) in [5, 5.41) is 4.23. The minimum Gasteiger partial charge on any atom is -0.410 e. The maximum Gasteiger partial charge on any atom is 0.415 e. The molecular formula is C22H27N5O2S2. The maximum atomic E-state index is 12.5. The van der Waals surface area contributed by atoms with Crippen LogP contribution in [-0.2, 0) is 19.2 Å². The second-order valence-corrected chi connectivity index (χ2v) is 9.56. The number of imidazole rings is 1. The van der Waals surface area contributed by atoms with Crippen molar-refractivity contribution in [2.24, 2.45) is 7.05 Å². The van der Waals surface area contributed by atoms with Crippen molar-refractivity contribution in [1.82, 2.24) is 24.3 Å². The zero-order chi connectivity index (χ0) is 21.6. The second-order valence-electron chi connectivity index (χ2n) is 7.56. The van der Waals surface area contributed by atoms with Gasteiger partial charge in [0.15, 0.2) is 5.16 Å². The van der Waals surface area contributed by atoms with Crippen LogP contribution in [0.1, 0.15) is 16.3 Å². The topological polar surface area (TPSA) is 63.5 Å². The van der Waals surface area contributed by atoms with Crippen molar-refractivity contribution in [1.29, 1.82) is 0 Å². The molecule has 1 fully saturated rings. The van der Waals surface area contributed by atoms with E-state index in [1.807, 2.05) is 49.0 Å². The monoisotopic (exact) mass is 457 g/mol. The first-order chi connectivity index (χ1) is 15.1. The molecule has 0 aliphatic carbocycles. The zero-order valence-electron chi connectivity index (χ0n) is 17.9. The van der Waals surface area contributed by atoms with Gasteiger partial charge in [-0.1, -0.05) is 23.9 Å². The van der Waals surface area contributed by atoms with Crippen molar-refractivity contribution in [3.05, 3.63) is 58.3 Å². The van der Waals surface area contributed by atoms with Crippen LogP contribution < -0.4 is 4.74 Å². The summed E-state index contributed by atoms with van der Waals surface area (Å²) in [5.74, 6) is 1.40. The molecule has 31 heavy (non-hydrogen) atoms. The lowest BCUT2D eigenvalue weighted by molar-refractivity contribution is 0.111. The van der Waals surface area contributed by atoms with Gasteiger partial charge >= 0.3 is 6.09 Å². The van der Waals surface area contributed by atoms with Crippen molar-refractivity contribution in [3.63, 3.8) is 0 Å². The van der Waals surface area contributed by atoms with E-state index in [9.17, 15) is 4.79 Å².